The zero-order valence-corrected chi connectivity index (χ0v) is 27.5. The third kappa shape index (κ3) is 9.09. The van der Waals surface area contributed by atoms with Crippen molar-refractivity contribution in [1.29, 1.82) is 0 Å². The number of hydrogen-bond acceptors (Lipinski definition) is 5. The molecule has 0 radical (unpaired) electrons. The van der Waals surface area contributed by atoms with Gasteiger partial charge in [-0.1, -0.05) is 47.5 Å². The number of fused-ring (bicyclic) bond motifs is 1. The Labute approximate surface area is 276 Å². The maximum Gasteiger partial charge on any atom is 0.573 e. The number of hydrogen-bond donors (Lipinski definition) is 1. The van der Waals surface area contributed by atoms with E-state index in [1.807, 2.05) is 29.0 Å². The molecule has 246 valence electrons. The molecule has 3 aromatic carbocycles. The summed E-state index contributed by atoms with van der Waals surface area (Å²) < 4.78 is 49.7. The fraction of sp³-hybridized carbons (Fsp3) is 0.382. The number of carbonyl (C=O) groups is 1. The van der Waals surface area contributed by atoms with Gasteiger partial charge in [0.25, 0.3) is 0 Å². The quantitative estimate of drug-likeness (QED) is 0.193. The number of carbonyl (C=O) groups excluding carboxylic acids is 1. The van der Waals surface area contributed by atoms with Crippen LogP contribution in [0.4, 0.5) is 18.0 Å². The van der Waals surface area contributed by atoms with Crippen LogP contribution in [0.2, 0.25) is 10.0 Å². The fourth-order valence-electron chi connectivity index (χ4n) is 5.56. The van der Waals surface area contributed by atoms with Crippen LogP contribution in [0.1, 0.15) is 31.9 Å². The summed E-state index contributed by atoms with van der Waals surface area (Å²) in [7, 11) is 0. The molecule has 12 heteroatoms. The Bertz CT molecular complexity index is 1640. The Kier molecular flexibility index (Phi) is 10.4. The normalized spacial score (nSPS) is 14.9. The average Bonchev–Trinajstić information content (AvgIpc) is 3.32. The lowest BCUT2D eigenvalue weighted by atomic mass is 10.0. The van der Waals surface area contributed by atoms with Crippen molar-refractivity contribution in [3.05, 3.63) is 88.0 Å². The summed E-state index contributed by atoms with van der Waals surface area (Å²) in [4.78, 5) is 16.9. The molecule has 46 heavy (non-hydrogen) atoms. The van der Waals surface area contributed by atoms with Crippen LogP contribution in [0.3, 0.4) is 0 Å². The SMILES string of the molecule is CC(C)(C)OC(=O)NCCn1cc(-c2ccc(OC(F)(F)F)cc2)c2cc(CN3CCN(Cc4c(Cl)cccc4Cl)CC3)ccc21. The maximum absolute atomic E-state index is 12.7. The molecule has 0 aliphatic carbocycles. The molecule has 0 bridgehead atoms. The van der Waals surface area contributed by atoms with Gasteiger partial charge in [0.1, 0.15) is 11.4 Å². The molecule has 7 nitrogen and oxygen atoms in total. The number of amides is 1. The van der Waals surface area contributed by atoms with Gasteiger partial charge in [0.2, 0.25) is 0 Å². The van der Waals surface area contributed by atoms with Gasteiger partial charge in [-0.2, -0.15) is 0 Å². The van der Waals surface area contributed by atoms with Gasteiger partial charge in [-0.15, -0.1) is 13.2 Å². The van der Waals surface area contributed by atoms with E-state index in [1.54, 1.807) is 32.9 Å². The predicted molar refractivity (Wildman–Crippen MR) is 175 cm³/mol. The van der Waals surface area contributed by atoms with Crippen molar-refractivity contribution in [3.63, 3.8) is 0 Å². The number of nitrogens with zero attached hydrogens (tertiary/aromatic N) is 3. The number of alkyl halides is 3. The first kappa shape index (κ1) is 33.9. The summed E-state index contributed by atoms with van der Waals surface area (Å²) in [6.45, 7) is 11.2. The molecule has 5 rings (SSSR count). The zero-order chi connectivity index (χ0) is 33.1. The number of piperazine rings is 1. The second-order valence-electron chi connectivity index (χ2n) is 12.3. The van der Waals surface area contributed by atoms with E-state index in [0.717, 1.165) is 65.9 Å². The van der Waals surface area contributed by atoms with E-state index in [9.17, 15) is 18.0 Å². The van der Waals surface area contributed by atoms with E-state index in [-0.39, 0.29) is 5.75 Å². The van der Waals surface area contributed by atoms with Crippen LogP contribution in [0, 0.1) is 0 Å². The number of benzene rings is 3. The molecular formula is C34H37Cl2F3N4O3. The molecule has 0 spiro atoms. The standard InChI is InChI=1S/C34H37Cl2F3N4O3/c1-33(2,3)46-32(44)40-13-14-43-22-27(24-8-10-25(11-9-24)45-34(37,38)39)26-19-23(7-12-31(26)43)20-41-15-17-42(18-16-41)21-28-29(35)5-4-6-30(28)36/h4-12,19,22H,13-18,20-21H2,1-3H3,(H,40,44). The molecule has 1 aliphatic heterocycles. The molecule has 1 N–H and O–H groups in total. The van der Waals surface area contributed by atoms with Crippen molar-refractivity contribution in [2.45, 2.75) is 52.4 Å². The van der Waals surface area contributed by atoms with Crippen LogP contribution >= 0.6 is 23.2 Å². The Morgan fingerprint density at radius 3 is 2.13 bits per heavy atom. The van der Waals surface area contributed by atoms with Gasteiger partial charge in [0, 0.05) is 90.6 Å². The summed E-state index contributed by atoms with van der Waals surface area (Å²) in [5, 5.41) is 5.10. The average molecular weight is 678 g/mol. The van der Waals surface area contributed by atoms with Gasteiger partial charge in [-0.3, -0.25) is 9.80 Å². The van der Waals surface area contributed by atoms with Gasteiger partial charge < -0.3 is 19.4 Å². The third-order valence-corrected chi connectivity index (χ3v) is 8.39. The molecule has 0 saturated carbocycles. The van der Waals surface area contributed by atoms with Gasteiger partial charge in [0.15, 0.2) is 0 Å². The van der Waals surface area contributed by atoms with Crippen molar-refractivity contribution < 1.29 is 27.4 Å². The Morgan fingerprint density at radius 1 is 0.891 bits per heavy atom. The monoisotopic (exact) mass is 676 g/mol. The molecule has 1 aliphatic rings. The summed E-state index contributed by atoms with van der Waals surface area (Å²) in [5.41, 5.74) is 4.03. The number of aromatic nitrogens is 1. The highest BCUT2D eigenvalue weighted by atomic mass is 35.5. The molecular weight excluding hydrogens is 640 g/mol. The lowest BCUT2D eigenvalue weighted by Crippen LogP contribution is -2.45. The second-order valence-corrected chi connectivity index (χ2v) is 13.2. The predicted octanol–water partition coefficient (Wildman–Crippen LogP) is 8.36. The summed E-state index contributed by atoms with van der Waals surface area (Å²) in [5.74, 6) is -0.279. The summed E-state index contributed by atoms with van der Waals surface area (Å²) >= 11 is 12.8. The smallest absolute Gasteiger partial charge is 0.444 e. The van der Waals surface area contributed by atoms with Crippen LogP contribution in [-0.4, -0.2) is 65.1 Å². The van der Waals surface area contributed by atoms with E-state index >= 15 is 0 Å². The Hall–Kier alpha value is -3.44. The first-order chi connectivity index (χ1) is 21.7. The van der Waals surface area contributed by atoms with Crippen LogP contribution in [-0.2, 0) is 24.4 Å². The van der Waals surface area contributed by atoms with Gasteiger partial charge >= 0.3 is 12.5 Å². The molecule has 2 heterocycles. The van der Waals surface area contributed by atoms with Crippen LogP contribution in [0.25, 0.3) is 22.0 Å². The Balaban J connectivity index is 1.32. The van der Waals surface area contributed by atoms with Crippen molar-refractivity contribution in [1.82, 2.24) is 19.7 Å². The summed E-state index contributed by atoms with van der Waals surface area (Å²) in [6.07, 6.45) is -3.30. The third-order valence-electron chi connectivity index (χ3n) is 7.68. The molecule has 1 fully saturated rings. The zero-order valence-electron chi connectivity index (χ0n) is 26.0. The number of alkyl carbamates (subject to hydrolysis) is 1. The number of halogens is 5. The molecule has 0 atom stereocenters. The van der Waals surface area contributed by atoms with Crippen LogP contribution < -0.4 is 10.1 Å². The molecule has 0 unspecified atom stereocenters. The van der Waals surface area contributed by atoms with E-state index in [2.05, 4.69) is 38.1 Å². The maximum atomic E-state index is 12.7. The lowest BCUT2D eigenvalue weighted by Gasteiger charge is -2.35. The van der Waals surface area contributed by atoms with Crippen molar-refractivity contribution in [3.8, 4) is 16.9 Å². The van der Waals surface area contributed by atoms with Crippen molar-refractivity contribution in [2.75, 3.05) is 32.7 Å². The van der Waals surface area contributed by atoms with E-state index < -0.39 is 18.1 Å². The fourth-order valence-corrected chi connectivity index (χ4v) is 6.07. The van der Waals surface area contributed by atoms with Crippen molar-refractivity contribution in [2.24, 2.45) is 0 Å². The Morgan fingerprint density at radius 2 is 1.52 bits per heavy atom. The second kappa shape index (κ2) is 14.1. The molecule has 1 aromatic heterocycles. The van der Waals surface area contributed by atoms with Crippen LogP contribution in [0.5, 0.6) is 5.75 Å². The van der Waals surface area contributed by atoms with Gasteiger partial charge in [0.05, 0.1) is 0 Å². The largest absolute Gasteiger partial charge is 0.573 e. The number of rotatable bonds is 9. The highest BCUT2D eigenvalue weighted by Crippen LogP contribution is 2.34. The van der Waals surface area contributed by atoms with Gasteiger partial charge in [-0.05, 0) is 68.3 Å². The molecule has 1 saturated heterocycles. The number of ether oxygens (including phenoxy) is 2. The first-order valence-corrected chi connectivity index (χ1v) is 15.8. The lowest BCUT2D eigenvalue weighted by molar-refractivity contribution is -0.274. The minimum Gasteiger partial charge on any atom is -0.444 e. The summed E-state index contributed by atoms with van der Waals surface area (Å²) in [6, 6.07) is 17.7. The van der Waals surface area contributed by atoms with E-state index in [0.29, 0.717) is 29.7 Å². The molecule has 1 amide bonds. The first-order valence-electron chi connectivity index (χ1n) is 15.1. The minimum absolute atomic E-state index is 0.279. The van der Waals surface area contributed by atoms with Gasteiger partial charge in [-0.25, -0.2) is 4.79 Å². The molecule has 4 aromatic rings. The topological polar surface area (TPSA) is 59.0 Å². The van der Waals surface area contributed by atoms with Crippen molar-refractivity contribution >= 4 is 40.2 Å². The van der Waals surface area contributed by atoms with E-state index in [1.165, 1.54) is 12.1 Å². The highest BCUT2D eigenvalue weighted by molar-refractivity contribution is 6.35. The van der Waals surface area contributed by atoms with E-state index in [4.69, 9.17) is 27.9 Å². The minimum atomic E-state index is -4.76. The van der Waals surface area contributed by atoms with Crippen LogP contribution in [0.15, 0.2) is 66.9 Å². The number of nitrogens with one attached hydrogen (secondary N) is 1. The highest BCUT2D eigenvalue weighted by Gasteiger charge is 2.31.